The van der Waals surface area contributed by atoms with Crippen LogP contribution in [0, 0.1) is 13.8 Å². The number of rotatable bonds is 7. The molecule has 0 aliphatic rings. The lowest BCUT2D eigenvalue weighted by Gasteiger charge is -2.09. The average molecular weight is 440 g/mol. The maximum absolute atomic E-state index is 12.2. The highest BCUT2D eigenvalue weighted by molar-refractivity contribution is 7.89. The molecule has 0 radical (unpaired) electrons. The Bertz CT molecular complexity index is 1190. The zero-order valence-corrected chi connectivity index (χ0v) is 18.6. The zero-order chi connectivity index (χ0) is 22.6. The zero-order valence-electron chi connectivity index (χ0n) is 17.8. The van der Waals surface area contributed by atoms with Crippen LogP contribution in [0.5, 0.6) is 0 Å². The Kier molecular flexibility index (Phi) is 6.67. The van der Waals surface area contributed by atoms with Crippen molar-refractivity contribution in [2.75, 3.05) is 5.32 Å². The summed E-state index contributed by atoms with van der Waals surface area (Å²) in [5.74, 6) is 0.347. The molecule has 3 rings (SSSR count). The first-order valence-corrected chi connectivity index (χ1v) is 11.2. The van der Waals surface area contributed by atoms with Crippen LogP contribution in [0.25, 0.3) is 11.9 Å². The quantitative estimate of drug-likeness (QED) is 0.550. The second-order valence-corrected chi connectivity index (χ2v) is 9.13. The number of nitrogens with zero attached hydrogens (tertiary/aromatic N) is 3. The summed E-state index contributed by atoms with van der Waals surface area (Å²) in [4.78, 5) is 16.7. The molecular weight excluding hydrogens is 414 g/mol. The minimum Gasteiger partial charge on any atom is -0.321 e. The van der Waals surface area contributed by atoms with E-state index in [0.717, 1.165) is 11.4 Å². The van der Waals surface area contributed by atoms with Gasteiger partial charge in [-0.05, 0) is 69.7 Å². The molecule has 0 atom stereocenters. The van der Waals surface area contributed by atoms with E-state index in [1.165, 1.54) is 18.2 Å². The molecule has 162 valence electrons. The molecular formula is C22H25N5O3S. The molecule has 1 amide bonds. The van der Waals surface area contributed by atoms with E-state index in [-0.39, 0.29) is 16.8 Å². The average Bonchev–Trinajstić information content (AvgIpc) is 3.04. The summed E-state index contributed by atoms with van der Waals surface area (Å²) in [6, 6.07) is 11.6. The van der Waals surface area contributed by atoms with Crippen LogP contribution >= 0.6 is 0 Å². The van der Waals surface area contributed by atoms with Gasteiger partial charge in [-0.2, -0.15) is 5.10 Å². The molecule has 2 heterocycles. The lowest BCUT2D eigenvalue weighted by molar-refractivity contribution is -0.111. The first-order chi connectivity index (χ1) is 14.6. The van der Waals surface area contributed by atoms with Gasteiger partial charge in [-0.25, -0.2) is 22.8 Å². The van der Waals surface area contributed by atoms with Gasteiger partial charge < -0.3 is 5.32 Å². The van der Waals surface area contributed by atoms with Crippen LogP contribution in [0.15, 0.2) is 59.6 Å². The molecule has 0 saturated carbocycles. The van der Waals surface area contributed by atoms with Crippen LogP contribution in [-0.4, -0.2) is 35.1 Å². The number of nitrogens with one attached hydrogen (secondary N) is 2. The number of aryl methyl sites for hydroxylation is 2. The number of aromatic nitrogens is 3. The minimum atomic E-state index is -3.54. The fourth-order valence-electron chi connectivity index (χ4n) is 2.94. The van der Waals surface area contributed by atoms with Crippen LogP contribution in [0.4, 0.5) is 5.69 Å². The summed E-state index contributed by atoms with van der Waals surface area (Å²) >= 11 is 0. The first-order valence-electron chi connectivity index (χ1n) is 9.75. The predicted octanol–water partition coefficient (Wildman–Crippen LogP) is 3.22. The molecule has 8 nitrogen and oxygen atoms in total. The van der Waals surface area contributed by atoms with Crippen LogP contribution in [0.3, 0.4) is 0 Å². The van der Waals surface area contributed by atoms with Crippen LogP contribution in [0.2, 0.25) is 0 Å². The molecule has 0 aliphatic carbocycles. The largest absolute Gasteiger partial charge is 0.321 e. The minimum absolute atomic E-state index is 0.177. The van der Waals surface area contributed by atoms with Gasteiger partial charge in [-0.3, -0.25) is 4.79 Å². The van der Waals surface area contributed by atoms with Crippen LogP contribution in [-0.2, 0) is 14.8 Å². The fourth-order valence-corrected chi connectivity index (χ4v) is 4.19. The maximum atomic E-state index is 12.2. The summed E-state index contributed by atoms with van der Waals surface area (Å²) in [6.07, 6.45) is 4.56. The lowest BCUT2D eigenvalue weighted by atomic mass is 10.2. The summed E-state index contributed by atoms with van der Waals surface area (Å²) in [7, 11) is -3.54. The summed E-state index contributed by atoms with van der Waals surface area (Å²) in [5.41, 5.74) is 3.14. The third-order valence-corrected chi connectivity index (χ3v) is 5.92. The number of amides is 1. The highest BCUT2D eigenvalue weighted by atomic mass is 32.2. The van der Waals surface area contributed by atoms with E-state index in [2.05, 4.69) is 20.1 Å². The van der Waals surface area contributed by atoms with Gasteiger partial charge in [0.05, 0.1) is 22.5 Å². The molecule has 0 spiro atoms. The molecule has 9 heteroatoms. The molecule has 0 aliphatic heterocycles. The molecule has 31 heavy (non-hydrogen) atoms. The lowest BCUT2D eigenvalue weighted by Crippen LogP contribution is -2.30. The Morgan fingerprint density at radius 1 is 1.10 bits per heavy atom. The van der Waals surface area contributed by atoms with E-state index in [1.807, 2.05) is 19.9 Å². The molecule has 0 saturated heterocycles. The van der Waals surface area contributed by atoms with Gasteiger partial charge >= 0.3 is 0 Å². The van der Waals surface area contributed by atoms with Gasteiger partial charge in [0.15, 0.2) is 5.82 Å². The molecule has 1 aromatic carbocycles. The van der Waals surface area contributed by atoms with Crippen molar-refractivity contribution in [3.63, 3.8) is 0 Å². The third-order valence-electron chi connectivity index (χ3n) is 4.25. The maximum Gasteiger partial charge on any atom is 0.248 e. The highest BCUT2D eigenvalue weighted by Crippen LogP contribution is 2.14. The first kappa shape index (κ1) is 22.4. The Hall–Kier alpha value is -3.30. The second kappa shape index (κ2) is 9.23. The predicted molar refractivity (Wildman–Crippen MR) is 120 cm³/mol. The van der Waals surface area contributed by atoms with E-state index in [0.29, 0.717) is 17.1 Å². The standard InChI is InChI=1S/C22H25N5O3S/c1-15(2)26-31(29,30)20-9-5-18(6-10-20)7-12-22(28)24-19-8-11-21(23-14-19)27-17(4)13-16(3)25-27/h5-15,26H,1-4H3,(H,24,28)/b12-7+. The monoisotopic (exact) mass is 439 g/mol. The topological polar surface area (TPSA) is 106 Å². The number of hydrogen-bond acceptors (Lipinski definition) is 5. The molecule has 0 unspecified atom stereocenters. The van der Waals surface area contributed by atoms with Gasteiger partial charge in [0.1, 0.15) is 0 Å². The van der Waals surface area contributed by atoms with Crippen molar-refractivity contribution in [1.82, 2.24) is 19.5 Å². The van der Waals surface area contributed by atoms with E-state index in [4.69, 9.17) is 0 Å². The van der Waals surface area contributed by atoms with Gasteiger partial charge in [-0.15, -0.1) is 0 Å². The molecule has 3 aromatic rings. The SMILES string of the molecule is Cc1cc(C)n(-c2ccc(NC(=O)/C=C/c3ccc(S(=O)(=O)NC(C)C)cc3)cn2)n1. The highest BCUT2D eigenvalue weighted by Gasteiger charge is 2.14. The number of carbonyl (C=O) groups is 1. The van der Waals surface area contributed by atoms with E-state index in [1.54, 1.807) is 55.1 Å². The van der Waals surface area contributed by atoms with Crippen molar-refractivity contribution < 1.29 is 13.2 Å². The Labute approximate surface area is 182 Å². The van der Waals surface area contributed by atoms with Crippen LogP contribution < -0.4 is 10.0 Å². The molecule has 2 aromatic heterocycles. The number of carbonyl (C=O) groups excluding carboxylic acids is 1. The molecule has 0 bridgehead atoms. The van der Waals surface area contributed by atoms with E-state index in [9.17, 15) is 13.2 Å². The van der Waals surface area contributed by atoms with Crippen molar-refractivity contribution >= 4 is 27.7 Å². The van der Waals surface area contributed by atoms with Gasteiger partial charge in [0.25, 0.3) is 0 Å². The Morgan fingerprint density at radius 2 is 1.81 bits per heavy atom. The van der Waals surface area contributed by atoms with Gasteiger partial charge in [0, 0.05) is 17.8 Å². The summed E-state index contributed by atoms with van der Waals surface area (Å²) in [5, 5.41) is 7.13. The number of pyridine rings is 1. The summed E-state index contributed by atoms with van der Waals surface area (Å²) < 4.78 is 28.6. The van der Waals surface area contributed by atoms with Crippen molar-refractivity contribution in [2.24, 2.45) is 0 Å². The number of sulfonamides is 1. The normalized spacial score (nSPS) is 11.9. The number of hydrogen-bond donors (Lipinski definition) is 2. The summed E-state index contributed by atoms with van der Waals surface area (Å²) in [6.45, 7) is 7.38. The van der Waals surface area contributed by atoms with Gasteiger partial charge in [-0.1, -0.05) is 12.1 Å². The molecule has 2 N–H and O–H groups in total. The van der Waals surface area contributed by atoms with Gasteiger partial charge in [0.2, 0.25) is 15.9 Å². The second-order valence-electron chi connectivity index (χ2n) is 7.41. The van der Waals surface area contributed by atoms with Crippen molar-refractivity contribution in [1.29, 1.82) is 0 Å². The van der Waals surface area contributed by atoms with Crippen molar-refractivity contribution in [3.05, 3.63) is 71.7 Å². The number of benzene rings is 1. The van der Waals surface area contributed by atoms with Crippen molar-refractivity contribution in [3.8, 4) is 5.82 Å². The molecule has 0 fully saturated rings. The fraction of sp³-hybridized carbons (Fsp3) is 0.227. The third kappa shape index (κ3) is 5.87. The van der Waals surface area contributed by atoms with Crippen LogP contribution in [0.1, 0.15) is 30.8 Å². The van der Waals surface area contributed by atoms with Crippen molar-refractivity contribution in [2.45, 2.75) is 38.6 Å². The Balaban J connectivity index is 1.62. The van der Waals surface area contributed by atoms with E-state index < -0.39 is 10.0 Å². The van der Waals surface area contributed by atoms with E-state index >= 15 is 0 Å². The number of anilines is 1. The smallest absolute Gasteiger partial charge is 0.248 e. The Morgan fingerprint density at radius 3 is 2.35 bits per heavy atom.